The molecule has 0 N–H and O–H groups in total. The van der Waals surface area contributed by atoms with E-state index in [1.807, 2.05) is 0 Å². The molecule has 1 heteroatoms. The van der Waals surface area contributed by atoms with E-state index < -0.39 is 0 Å². The smallest absolute Gasteiger partial charge is 0.0101 e. The molecule has 2 fully saturated rings. The normalized spacial score (nSPS) is 40.3. The van der Waals surface area contributed by atoms with Gasteiger partial charge in [-0.15, -0.1) is 0 Å². The summed E-state index contributed by atoms with van der Waals surface area (Å²) in [7, 11) is 0. The standard InChI is InChI=1S/C13H24S/c1-10-6-5-7-11(2)13(10)14-12-8-3-4-9-12/h10-13H,3-9H2,1-2H3. The molecule has 2 unspecified atom stereocenters. The average molecular weight is 212 g/mol. The molecule has 14 heavy (non-hydrogen) atoms. The van der Waals surface area contributed by atoms with Gasteiger partial charge >= 0.3 is 0 Å². The minimum absolute atomic E-state index is 0.976. The molecule has 0 aromatic rings. The minimum Gasteiger partial charge on any atom is -0.155 e. The van der Waals surface area contributed by atoms with Gasteiger partial charge in [0, 0.05) is 10.5 Å². The van der Waals surface area contributed by atoms with Gasteiger partial charge in [0.2, 0.25) is 0 Å². The summed E-state index contributed by atoms with van der Waals surface area (Å²) in [5, 5.41) is 2.00. The van der Waals surface area contributed by atoms with Crippen molar-refractivity contribution in [2.75, 3.05) is 0 Å². The Labute approximate surface area is 93.2 Å². The third-order valence-corrected chi connectivity index (χ3v) is 6.19. The van der Waals surface area contributed by atoms with E-state index in [-0.39, 0.29) is 0 Å². The Hall–Kier alpha value is 0.350. The first-order valence-corrected chi connectivity index (χ1v) is 7.37. The molecule has 2 atom stereocenters. The Bertz CT molecular complexity index is 162. The van der Waals surface area contributed by atoms with Gasteiger partial charge in [-0.1, -0.05) is 33.1 Å². The number of rotatable bonds is 2. The van der Waals surface area contributed by atoms with Crippen LogP contribution in [0.25, 0.3) is 0 Å². The van der Waals surface area contributed by atoms with Crippen LogP contribution >= 0.6 is 11.8 Å². The summed E-state index contributed by atoms with van der Waals surface area (Å²) in [6.07, 6.45) is 10.4. The van der Waals surface area contributed by atoms with Gasteiger partial charge in [-0.2, -0.15) is 11.8 Å². The van der Waals surface area contributed by atoms with Crippen molar-refractivity contribution in [3.8, 4) is 0 Å². The van der Waals surface area contributed by atoms with Gasteiger partial charge in [0.15, 0.2) is 0 Å². The molecule has 0 heterocycles. The van der Waals surface area contributed by atoms with E-state index in [1.54, 1.807) is 0 Å². The topological polar surface area (TPSA) is 0 Å². The molecule has 0 bridgehead atoms. The lowest BCUT2D eigenvalue weighted by Crippen LogP contribution is -2.29. The van der Waals surface area contributed by atoms with Crippen LogP contribution in [0.15, 0.2) is 0 Å². The van der Waals surface area contributed by atoms with Gasteiger partial charge in [-0.3, -0.25) is 0 Å². The van der Waals surface area contributed by atoms with Gasteiger partial charge in [0.05, 0.1) is 0 Å². The van der Waals surface area contributed by atoms with Gasteiger partial charge in [0.25, 0.3) is 0 Å². The molecule has 2 saturated carbocycles. The molecule has 0 amide bonds. The fourth-order valence-electron chi connectivity index (χ4n) is 3.17. The van der Waals surface area contributed by atoms with Crippen molar-refractivity contribution in [1.29, 1.82) is 0 Å². The first-order chi connectivity index (χ1) is 6.77. The highest BCUT2D eigenvalue weighted by Crippen LogP contribution is 2.42. The Morgan fingerprint density at radius 3 is 1.93 bits per heavy atom. The molecule has 0 spiro atoms. The molecule has 0 nitrogen and oxygen atoms in total. The average Bonchev–Trinajstić information content (AvgIpc) is 2.64. The third kappa shape index (κ3) is 2.48. The lowest BCUT2D eigenvalue weighted by molar-refractivity contribution is 0.313. The summed E-state index contributed by atoms with van der Waals surface area (Å²) >= 11 is 2.34. The van der Waals surface area contributed by atoms with Crippen LogP contribution in [-0.2, 0) is 0 Å². The molecule has 2 aliphatic carbocycles. The van der Waals surface area contributed by atoms with Crippen LogP contribution in [0.3, 0.4) is 0 Å². The quantitative estimate of drug-likeness (QED) is 0.650. The van der Waals surface area contributed by atoms with Crippen LogP contribution in [0, 0.1) is 11.8 Å². The third-order valence-electron chi connectivity index (χ3n) is 4.09. The van der Waals surface area contributed by atoms with E-state index in [9.17, 15) is 0 Å². The van der Waals surface area contributed by atoms with Crippen molar-refractivity contribution in [2.45, 2.75) is 69.3 Å². The molecule has 82 valence electrons. The summed E-state index contributed by atoms with van der Waals surface area (Å²) < 4.78 is 0. The highest BCUT2D eigenvalue weighted by atomic mass is 32.2. The van der Waals surface area contributed by atoms with Gasteiger partial charge in [0.1, 0.15) is 0 Å². The minimum atomic E-state index is 0.976. The second-order valence-corrected chi connectivity index (χ2v) is 6.88. The maximum Gasteiger partial charge on any atom is 0.0101 e. The van der Waals surface area contributed by atoms with Gasteiger partial charge in [-0.05, 0) is 37.5 Å². The zero-order chi connectivity index (χ0) is 9.97. The van der Waals surface area contributed by atoms with Gasteiger partial charge < -0.3 is 0 Å². The molecule has 2 aliphatic rings. The summed E-state index contributed by atoms with van der Waals surface area (Å²) in [5.74, 6) is 1.95. The summed E-state index contributed by atoms with van der Waals surface area (Å²) in [5.41, 5.74) is 0. The van der Waals surface area contributed by atoms with Crippen molar-refractivity contribution >= 4 is 11.8 Å². The van der Waals surface area contributed by atoms with Crippen LogP contribution in [-0.4, -0.2) is 10.5 Å². The highest BCUT2D eigenvalue weighted by Gasteiger charge is 2.31. The monoisotopic (exact) mass is 212 g/mol. The van der Waals surface area contributed by atoms with E-state index >= 15 is 0 Å². The zero-order valence-corrected chi connectivity index (χ0v) is 10.5. The second kappa shape index (κ2) is 4.92. The zero-order valence-electron chi connectivity index (χ0n) is 9.67. The number of hydrogen-bond acceptors (Lipinski definition) is 1. The molecule has 2 rings (SSSR count). The molecule has 0 aromatic carbocycles. The van der Waals surface area contributed by atoms with Crippen LogP contribution < -0.4 is 0 Å². The predicted molar refractivity (Wildman–Crippen MR) is 65.8 cm³/mol. The largest absolute Gasteiger partial charge is 0.155 e. The van der Waals surface area contributed by atoms with Crippen molar-refractivity contribution in [3.63, 3.8) is 0 Å². The van der Waals surface area contributed by atoms with E-state index in [4.69, 9.17) is 0 Å². The summed E-state index contributed by atoms with van der Waals surface area (Å²) in [6, 6.07) is 0. The van der Waals surface area contributed by atoms with Crippen molar-refractivity contribution < 1.29 is 0 Å². The van der Waals surface area contributed by atoms with Crippen molar-refractivity contribution in [1.82, 2.24) is 0 Å². The highest BCUT2D eigenvalue weighted by molar-refractivity contribution is 8.00. The maximum absolute atomic E-state index is 2.47. The van der Waals surface area contributed by atoms with Crippen molar-refractivity contribution in [3.05, 3.63) is 0 Å². The van der Waals surface area contributed by atoms with E-state index in [0.717, 1.165) is 22.3 Å². The van der Waals surface area contributed by atoms with Crippen LogP contribution in [0.4, 0.5) is 0 Å². The molecular formula is C13H24S. The SMILES string of the molecule is CC1CCCC(C)C1SC1CCCC1. The van der Waals surface area contributed by atoms with Crippen molar-refractivity contribution in [2.24, 2.45) is 11.8 Å². The lowest BCUT2D eigenvalue weighted by atomic mass is 9.83. The second-order valence-electron chi connectivity index (χ2n) is 5.39. The molecule has 0 radical (unpaired) electrons. The number of hydrogen-bond donors (Lipinski definition) is 0. The molecule has 0 saturated heterocycles. The first-order valence-electron chi connectivity index (χ1n) is 6.43. The Morgan fingerprint density at radius 2 is 1.36 bits per heavy atom. The van der Waals surface area contributed by atoms with E-state index in [0.29, 0.717) is 0 Å². The Kier molecular flexibility index (Phi) is 3.81. The fraction of sp³-hybridized carbons (Fsp3) is 1.00. The van der Waals surface area contributed by atoms with Gasteiger partial charge in [-0.25, -0.2) is 0 Å². The van der Waals surface area contributed by atoms with E-state index in [1.165, 1.54) is 44.9 Å². The summed E-state index contributed by atoms with van der Waals surface area (Å²) in [6.45, 7) is 4.95. The predicted octanol–water partition coefficient (Wildman–Crippen LogP) is 4.49. The summed E-state index contributed by atoms with van der Waals surface area (Å²) in [4.78, 5) is 0. The fourth-order valence-corrected chi connectivity index (χ4v) is 5.02. The molecule has 0 aromatic heterocycles. The maximum atomic E-state index is 2.47. The lowest BCUT2D eigenvalue weighted by Gasteiger charge is -2.35. The van der Waals surface area contributed by atoms with Crippen LogP contribution in [0.2, 0.25) is 0 Å². The van der Waals surface area contributed by atoms with Crippen LogP contribution in [0.1, 0.15) is 58.8 Å². The Balaban J connectivity index is 1.86. The van der Waals surface area contributed by atoms with E-state index in [2.05, 4.69) is 25.6 Å². The molecular weight excluding hydrogens is 188 g/mol. The number of thioether (sulfide) groups is 1. The molecule has 0 aliphatic heterocycles. The first kappa shape index (κ1) is 10.9. The Morgan fingerprint density at radius 1 is 0.786 bits per heavy atom. The van der Waals surface area contributed by atoms with Crippen LogP contribution in [0.5, 0.6) is 0 Å².